The largest absolute Gasteiger partial charge is 0.459 e. The summed E-state index contributed by atoms with van der Waals surface area (Å²) in [6, 6.07) is 10.9. The Hall–Kier alpha value is -2.67. The second kappa shape index (κ2) is 6.68. The van der Waals surface area contributed by atoms with Crippen LogP contribution in [-0.2, 0) is 4.79 Å². The maximum absolute atomic E-state index is 12.1. The predicted octanol–water partition coefficient (Wildman–Crippen LogP) is 3.15. The monoisotopic (exact) mass is 353 g/mol. The highest BCUT2D eigenvalue weighted by atomic mass is 32.2. The molecule has 1 aliphatic rings. The van der Waals surface area contributed by atoms with Crippen LogP contribution in [-0.4, -0.2) is 27.5 Å². The Morgan fingerprint density at radius 2 is 2.00 bits per heavy atom. The van der Waals surface area contributed by atoms with Crippen LogP contribution in [0.15, 0.2) is 52.1 Å². The van der Waals surface area contributed by atoms with Crippen LogP contribution in [0.5, 0.6) is 0 Å². The number of furan rings is 1. The number of para-hydroxylation sites is 1. The third kappa shape index (κ3) is 3.56. The Labute approximate surface area is 148 Å². The molecule has 1 saturated carbocycles. The highest BCUT2D eigenvalue weighted by Crippen LogP contribution is 2.39. The van der Waals surface area contributed by atoms with E-state index in [1.54, 1.807) is 6.07 Å². The van der Waals surface area contributed by atoms with Crippen molar-refractivity contribution in [3.8, 4) is 0 Å². The molecule has 4 rings (SSSR count). The average Bonchev–Trinajstić information content (AvgIpc) is 3.33. The number of rotatable bonds is 5. The summed E-state index contributed by atoms with van der Waals surface area (Å²) in [5, 5.41) is 4.00. The second-order valence-electron chi connectivity index (χ2n) is 5.82. The standard InChI is InChI=1S/C18H15N3O3S/c22-15(20-17(23)14-6-3-9-24-14)10-25-18-12-4-1-2-5-13(12)19-16(21-18)11-7-8-11/h1-6,9,11H,7-8,10H2,(H,20,22,23). The lowest BCUT2D eigenvalue weighted by Crippen LogP contribution is -2.31. The summed E-state index contributed by atoms with van der Waals surface area (Å²) in [4.78, 5) is 33.1. The summed E-state index contributed by atoms with van der Waals surface area (Å²) in [7, 11) is 0. The topological polar surface area (TPSA) is 85.1 Å². The molecular weight excluding hydrogens is 338 g/mol. The van der Waals surface area contributed by atoms with Gasteiger partial charge in [-0.2, -0.15) is 0 Å². The van der Waals surface area contributed by atoms with Crippen LogP contribution >= 0.6 is 11.8 Å². The van der Waals surface area contributed by atoms with Crippen LogP contribution in [0.25, 0.3) is 10.9 Å². The van der Waals surface area contributed by atoms with Crippen molar-refractivity contribution in [2.75, 3.05) is 5.75 Å². The third-order valence-electron chi connectivity index (χ3n) is 3.87. The van der Waals surface area contributed by atoms with E-state index in [0.717, 1.165) is 34.6 Å². The molecule has 2 aromatic heterocycles. The number of carbonyl (C=O) groups is 2. The zero-order valence-electron chi connectivity index (χ0n) is 13.3. The molecule has 7 heteroatoms. The fourth-order valence-corrected chi connectivity index (χ4v) is 3.29. The van der Waals surface area contributed by atoms with Gasteiger partial charge in [-0.05, 0) is 31.0 Å². The van der Waals surface area contributed by atoms with Crippen LogP contribution in [0.3, 0.4) is 0 Å². The van der Waals surface area contributed by atoms with Gasteiger partial charge >= 0.3 is 0 Å². The van der Waals surface area contributed by atoms with Gasteiger partial charge in [-0.25, -0.2) is 9.97 Å². The van der Waals surface area contributed by atoms with Crippen LogP contribution in [0.2, 0.25) is 0 Å². The van der Waals surface area contributed by atoms with E-state index in [2.05, 4.69) is 15.3 Å². The molecule has 1 N–H and O–H groups in total. The smallest absolute Gasteiger partial charge is 0.293 e. The Bertz CT molecular complexity index is 936. The summed E-state index contributed by atoms with van der Waals surface area (Å²) in [5.41, 5.74) is 0.883. The van der Waals surface area contributed by atoms with E-state index < -0.39 is 5.91 Å². The predicted molar refractivity (Wildman–Crippen MR) is 93.4 cm³/mol. The zero-order chi connectivity index (χ0) is 17.2. The number of amides is 2. The Morgan fingerprint density at radius 1 is 1.16 bits per heavy atom. The van der Waals surface area contributed by atoms with E-state index in [1.807, 2.05) is 24.3 Å². The lowest BCUT2D eigenvalue weighted by Gasteiger charge is -2.08. The molecule has 0 unspecified atom stereocenters. The van der Waals surface area contributed by atoms with Crippen LogP contribution in [0.4, 0.5) is 0 Å². The number of fused-ring (bicyclic) bond motifs is 1. The molecule has 0 bridgehead atoms. The van der Waals surface area contributed by atoms with E-state index in [4.69, 9.17) is 4.42 Å². The van der Waals surface area contributed by atoms with Crippen molar-refractivity contribution < 1.29 is 14.0 Å². The molecule has 0 saturated heterocycles. The van der Waals surface area contributed by atoms with Gasteiger partial charge in [0.25, 0.3) is 5.91 Å². The van der Waals surface area contributed by atoms with Gasteiger partial charge in [-0.3, -0.25) is 14.9 Å². The summed E-state index contributed by atoms with van der Waals surface area (Å²) in [5.74, 6) is 0.551. The van der Waals surface area contributed by atoms with Crippen LogP contribution in [0, 0.1) is 0 Å². The number of thioether (sulfide) groups is 1. The van der Waals surface area contributed by atoms with E-state index in [-0.39, 0.29) is 17.4 Å². The molecule has 2 amide bonds. The molecule has 2 heterocycles. The van der Waals surface area contributed by atoms with Crippen molar-refractivity contribution in [2.45, 2.75) is 23.8 Å². The van der Waals surface area contributed by atoms with Crippen molar-refractivity contribution in [3.05, 3.63) is 54.2 Å². The minimum Gasteiger partial charge on any atom is -0.459 e. The molecule has 1 aliphatic carbocycles. The number of hydrogen-bond acceptors (Lipinski definition) is 6. The van der Waals surface area contributed by atoms with E-state index >= 15 is 0 Å². The molecule has 6 nitrogen and oxygen atoms in total. The van der Waals surface area contributed by atoms with Crippen molar-refractivity contribution in [1.82, 2.24) is 15.3 Å². The minimum absolute atomic E-state index is 0.0948. The van der Waals surface area contributed by atoms with Gasteiger partial charge < -0.3 is 4.42 Å². The number of benzene rings is 1. The number of aromatic nitrogens is 2. The van der Waals surface area contributed by atoms with E-state index in [9.17, 15) is 9.59 Å². The molecule has 0 radical (unpaired) electrons. The molecule has 0 aliphatic heterocycles. The molecule has 0 atom stereocenters. The lowest BCUT2D eigenvalue weighted by molar-refractivity contribution is -0.117. The molecular formula is C18H15N3O3S. The minimum atomic E-state index is -0.540. The van der Waals surface area contributed by atoms with E-state index in [1.165, 1.54) is 24.1 Å². The van der Waals surface area contributed by atoms with Gasteiger partial charge in [0.1, 0.15) is 10.9 Å². The first kappa shape index (κ1) is 15.8. The van der Waals surface area contributed by atoms with Crippen LogP contribution in [0.1, 0.15) is 35.1 Å². The summed E-state index contributed by atoms with van der Waals surface area (Å²) in [6.45, 7) is 0. The number of nitrogens with one attached hydrogen (secondary N) is 1. The quantitative estimate of drug-likeness (QED) is 0.560. The SMILES string of the molecule is O=C(CSc1nc(C2CC2)nc2ccccc12)NC(=O)c1ccco1. The summed E-state index contributed by atoms with van der Waals surface area (Å²) >= 11 is 1.31. The Morgan fingerprint density at radius 3 is 2.76 bits per heavy atom. The molecule has 1 aromatic carbocycles. The third-order valence-corrected chi connectivity index (χ3v) is 4.86. The molecule has 126 valence electrons. The second-order valence-corrected chi connectivity index (χ2v) is 6.79. The van der Waals surface area contributed by atoms with E-state index in [0.29, 0.717) is 5.92 Å². The lowest BCUT2D eigenvalue weighted by atomic mass is 10.2. The van der Waals surface area contributed by atoms with Gasteiger partial charge in [0.05, 0.1) is 17.5 Å². The molecule has 0 spiro atoms. The van der Waals surface area contributed by atoms with Gasteiger partial charge in [0.15, 0.2) is 5.76 Å². The van der Waals surface area contributed by atoms with Gasteiger partial charge in [-0.15, -0.1) is 0 Å². The Kier molecular flexibility index (Phi) is 4.23. The normalized spacial score (nSPS) is 13.8. The van der Waals surface area contributed by atoms with Gasteiger partial charge in [0.2, 0.25) is 5.91 Å². The molecule has 1 fully saturated rings. The fourth-order valence-electron chi connectivity index (χ4n) is 2.46. The maximum Gasteiger partial charge on any atom is 0.293 e. The Balaban J connectivity index is 1.48. The fraction of sp³-hybridized carbons (Fsp3) is 0.222. The van der Waals surface area contributed by atoms with Crippen molar-refractivity contribution in [3.63, 3.8) is 0 Å². The van der Waals surface area contributed by atoms with Crippen molar-refractivity contribution >= 4 is 34.5 Å². The van der Waals surface area contributed by atoms with Gasteiger partial charge in [-0.1, -0.05) is 30.0 Å². The molecule has 25 heavy (non-hydrogen) atoms. The summed E-state index contributed by atoms with van der Waals surface area (Å²) in [6.07, 6.45) is 3.61. The van der Waals surface area contributed by atoms with Crippen LogP contribution < -0.4 is 5.32 Å². The number of imide groups is 1. The first-order valence-corrected chi connectivity index (χ1v) is 8.96. The number of carbonyl (C=O) groups excluding carboxylic acids is 2. The highest BCUT2D eigenvalue weighted by Gasteiger charge is 2.27. The highest BCUT2D eigenvalue weighted by molar-refractivity contribution is 8.00. The van der Waals surface area contributed by atoms with Gasteiger partial charge in [0, 0.05) is 11.3 Å². The summed E-state index contributed by atoms with van der Waals surface area (Å²) < 4.78 is 4.97. The molecule has 3 aromatic rings. The first-order chi connectivity index (χ1) is 12.2. The number of nitrogens with zero attached hydrogens (tertiary/aromatic N) is 2. The van der Waals surface area contributed by atoms with Crippen molar-refractivity contribution in [2.24, 2.45) is 0 Å². The average molecular weight is 353 g/mol. The van der Waals surface area contributed by atoms with Crippen molar-refractivity contribution in [1.29, 1.82) is 0 Å². The number of hydrogen-bond donors (Lipinski definition) is 1. The first-order valence-electron chi connectivity index (χ1n) is 7.98. The maximum atomic E-state index is 12.1. The zero-order valence-corrected chi connectivity index (χ0v) is 14.1.